The first-order valence-corrected chi connectivity index (χ1v) is 10.9. The number of benzene rings is 2. The predicted octanol–water partition coefficient (Wildman–Crippen LogP) is 6.88. The molecule has 1 unspecified atom stereocenters. The zero-order valence-corrected chi connectivity index (χ0v) is 16.7. The van der Waals surface area contributed by atoms with Crippen LogP contribution in [0, 0.1) is 11.6 Å². The largest absolute Gasteiger partial charge is 0.321 e. The van der Waals surface area contributed by atoms with E-state index in [2.05, 4.69) is 22.9 Å². The van der Waals surface area contributed by atoms with E-state index in [-0.39, 0.29) is 5.91 Å². The molecule has 0 saturated heterocycles. The normalized spacial score (nSPS) is 19.0. The van der Waals surface area contributed by atoms with E-state index in [4.69, 9.17) is 0 Å². The first-order chi connectivity index (χ1) is 14.1. The number of amides is 1. The Labute approximate surface area is 175 Å². The number of nitrogens with one attached hydrogen (secondary N) is 1. The van der Waals surface area contributed by atoms with Crippen molar-refractivity contribution in [3.63, 3.8) is 0 Å². The van der Waals surface area contributed by atoms with Gasteiger partial charge in [0.1, 0.15) is 11.6 Å². The fourth-order valence-corrected chi connectivity index (χ4v) is 5.67. The van der Waals surface area contributed by atoms with Crippen LogP contribution in [0.5, 0.6) is 0 Å². The predicted molar refractivity (Wildman–Crippen MR) is 117 cm³/mol. The van der Waals surface area contributed by atoms with Crippen molar-refractivity contribution in [3.8, 4) is 11.1 Å². The van der Waals surface area contributed by atoms with E-state index in [1.807, 2.05) is 30.0 Å². The van der Waals surface area contributed by atoms with Gasteiger partial charge in [-0.15, -0.1) is 23.1 Å². The Morgan fingerprint density at radius 3 is 2.69 bits per heavy atom. The van der Waals surface area contributed by atoms with Crippen LogP contribution in [-0.4, -0.2) is 5.91 Å². The summed E-state index contributed by atoms with van der Waals surface area (Å²) in [6.45, 7) is 0. The number of hydrogen-bond acceptors (Lipinski definition) is 3. The molecule has 0 saturated carbocycles. The van der Waals surface area contributed by atoms with Crippen molar-refractivity contribution in [3.05, 3.63) is 87.0 Å². The molecule has 1 amide bonds. The average molecular weight is 424 g/mol. The van der Waals surface area contributed by atoms with Gasteiger partial charge in [-0.05, 0) is 53.8 Å². The summed E-state index contributed by atoms with van der Waals surface area (Å²) >= 11 is 3.51. The van der Waals surface area contributed by atoms with Crippen molar-refractivity contribution in [1.29, 1.82) is 0 Å². The van der Waals surface area contributed by atoms with Crippen LogP contribution in [0.15, 0.2) is 60.0 Å². The van der Waals surface area contributed by atoms with Crippen LogP contribution in [0.4, 0.5) is 14.5 Å². The molecule has 3 heterocycles. The molecule has 1 atom stereocenters. The molecule has 2 aromatic carbocycles. The Balaban J connectivity index is 1.47. The van der Waals surface area contributed by atoms with Gasteiger partial charge in [-0.25, -0.2) is 8.78 Å². The number of rotatable bonds is 3. The molecule has 0 spiro atoms. The molecule has 0 radical (unpaired) electrons. The number of carbonyl (C=O) groups excluding carboxylic acids is 1. The highest BCUT2D eigenvalue weighted by Gasteiger charge is 2.25. The van der Waals surface area contributed by atoms with Gasteiger partial charge in [0, 0.05) is 37.9 Å². The van der Waals surface area contributed by atoms with Gasteiger partial charge in [-0.2, -0.15) is 0 Å². The highest BCUT2D eigenvalue weighted by molar-refractivity contribution is 8.02. The highest BCUT2D eigenvalue weighted by atomic mass is 32.2. The molecule has 29 heavy (non-hydrogen) atoms. The summed E-state index contributed by atoms with van der Waals surface area (Å²) in [4.78, 5) is 14.9. The standard InChI is InChI=1S/C23H15F2NOS2/c24-14-4-7-16(19(25)11-14)13-3-6-17-18(23(27)26-20(17)10-13)12-15-5-8-22(29-15)21-2-1-9-28-21/h1,3-12,21H,2H2,(H,26,27)/b18-12-. The van der Waals surface area contributed by atoms with E-state index in [0.29, 0.717) is 27.6 Å². The summed E-state index contributed by atoms with van der Waals surface area (Å²) in [7, 11) is 0. The lowest BCUT2D eigenvalue weighted by Crippen LogP contribution is -2.03. The summed E-state index contributed by atoms with van der Waals surface area (Å²) in [6, 6.07) is 12.9. The van der Waals surface area contributed by atoms with Crippen LogP contribution >= 0.6 is 23.1 Å². The fourth-order valence-electron chi connectivity index (χ4n) is 3.56. The number of allylic oxidation sites excluding steroid dienone is 1. The third-order valence-corrected chi connectivity index (χ3v) is 7.41. The maximum atomic E-state index is 14.1. The molecule has 6 heteroatoms. The summed E-state index contributed by atoms with van der Waals surface area (Å²) in [5.74, 6) is -1.42. The van der Waals surface area contributed by atoms with Gasteiger partial charge >= 0.3 is 0 Å². The van der Waals surface area contributed by atoms with E-state index < -0.39 is 11.6 Å². The Kier molecular flexibility index (Phi) is 4.60. The van der Waals surface area contributed by atoms with E-state index in [0.717, 1.165) is 22.9 Å². The number of halogens is 2. The molecule has 1 aromatic heterocycles. The highest BCUT2D eigenvalue weighted by Crippen LogP contribution is 2.43. The monoisotopic (exact) mass is 423 g/mol. The molecule has 5 rings (SSSR count). The van der Waals surface area contributed by atoms with Crippen LogP contribution in [0.3, 0.4) is 0 Å². The summed E-state index contributed by atoms with van der Waals surface area (Å²) in [5.41, 5.74) is 2.90. The average Bonchev–Trinajstić information content (AvgIpc) is 3.43. The molecule has 3 aromatic rings. The minimum atomic E-state index is -0.629. The van der Waals surface area contributed by atoms with E-state index in [1.165, 1.54) is 17.0 Å². The third-order valence-electron chi connectivity index (χ3n) is 4.99. The first kappa shape index (κ1) is 18.3. The van der Waals surface area contributed by atoms with E-state index in [9.17, 15) is 13.6 Å². The van der Waals surface area contributed by atoms with Crippen molar-refractivity contribution < 1.29 is 13.6 Å². The molecule has 0 aliphatic carbocycles. The van der Waals surface area contributed by atoms with Gasteiger partial charge in [0.2, 0.25) is 0 Å². The molecule has 2 aliphatic rings. The second-order valence-corrected chi connectivity index (χ2v) is 9.13. The Morgan fingerprint density at radius 1 is 1.03 bits per heavy atom. The molecule has 0 bridgehead atoms. The number of thiophene rings is 1. The molecule has 2 aliphatic heterocycles. The minimum Gasteiger partial charge on any atom is -0.321 e. The maximum absolute atomic E-state index is 14.1. The number of thioether (sulfide) groups is 1. The molecule has 2 nitrogen and oxygen atoms in total. The summed E-state index contributed by atoms with van der Waals surface area (Å²) < 4.78 is 27.3. The molecular weight excluding hydrogens is 408 g/mol. The van der Waals surface area contributed by atoms with Crippen molar-refractivity contribution in [2.45, 2.75) is 11.7 Å². The van der Waals surface area contributed by atoms with E-state index >= 15 is 0 Å². The second kappa shape index (κ2) is 7.28. The molecule has 0 fully saturated rings. The number of anilines is 1. The lowest BCUT2D eigenvalue weighted by atomic mass is 10.00. The van der Waals surface area contributed by atoms with Gasteiger partial charge in [0.05, 0.1) is 5.57 Å². The van der Waals surface area contributed by atoms with E-state index in [1.54, 1.807) is 23.5 Å². The Hall–Kier alpha value is -2.70. The number of carbonyl (C=O) groups is 1. The van der Waals surface area contributed by atoms with Crippen molar-refractivity contribution in [1.82, 2.24) is 0 Å². The van der Waals surface area contributed by atoms with Crippen LogP contribution in [0.25, 0.3) is 22.8 Å². The Morgan fingerprint density at radius 2 is 1.90 bits per heavy atom. The maximum Gasteiger partial charge on any atom is 0.256 e. The molecule has 1 N–H and O–H groups in total. The molecule has 144 valence electrons. The summed E-state index contributed by atoms with van der Waals surface area (Å²) in [6.07, 6.45) is 5.11. The number of fused-ring (bicyclic) bond motifs is 1. The van der Waals surface area contributed by atoms with Gasteiger partial charge < -0.3 is 5.32 Å². The lowest BCUT2D eigenvalue weighted by Gasteiger charge is -2.06. The SMILES string of the molecule is O=C1Nc2cc(-c3ccc(F)cc3F)ccc2/C1=C/c1ccc(C2CC=CS2)s1. The fraction of sp³-hybridized carbons (Fsp3) is 0.0870. The molecular formula is C23H15F2NOS2. The van der Waals surface area contributed by atoms with Crippen LogP contribution in [0.1, 0.15) is 27.0 Å². The smallest absolute Gasteiger partial charge is 0.256 e. The second-order valence-electron chi connectivity index (χ2n) is 6.87. The van der Waals surface area contributed by atoms with Crippen molar-refractivity contribution >= 4 is 46.3 Å². The zero-order chi connectivity index (χ0) is 20.0. The van der Waals surface area contributed by atoms with Gasteiger partial charge in [-0.1, -0.05) is 18.2 Å². The zero-order valence-electron chi connectivity index (χ0n) is 15.1. The quantitative estimate of drug-likeness (QED) is 0.465. The number of hydrogen-bond donors (Lipinski definition) is 1. The minimum absolute atomic E-state index is 0.177. The van der Waals surface area contributed by atoms with Gasteiger partial charge in [-0.3, -0.25) is 4.79 Å². The van der Waals surface area contributed by atoms with Crippen LogP contribution in [-0.2, 0) is 4.79 Å². The van der Waals surface area contributed by atoms with Gasteiger partial charge in [0.15, 0.2) is 0 Å². The van der Waals surface area contributed by atoms with Crippen LogP contribution in [0.2, 0.25) is 0 Å². The Bertz CT molecular complexity index is 1190. The summed E-state index contributed by atoms with van der Waals surface area (Å²) in [5, 5.41) is 5.45. The third kappa shape index (κ3) is 3.43. The van der Waals surface area contributed by atoms with Gasteiger partial charge in [0.25, 0.3) is 5.91 Å². The van der Waals surface area contributed by atoms with Crippen molar-refractivity contribution in [2.24, 2.45) is 0 Å². The topological polar surface area (TPSA) is 29.1 Å². The lowest BCUT2D eigenvalue weighted by molar-refractivity contribution is -0.110. The van der Waals surface area contributed by atoms with Crippen molar-refractivity contribution in [2.75, 3.05) is 5.32 Å². The first-order valence-electron chi connectivity index (χ1n) is 9.11. The van der Waals surface area contributed by atoms with Crippen LogP contribution < -0.4 is 5.32 Å².